The van der Waals surface area contributed by atoms with Crippen LogP contribution in [-0.2, 0) is 26.9 Å². The number of benzene rings is 2. The Labute approximate surface area is 195 Å². The Morgan fingerprint density at radius 1 is 1.19 bits per heavy atom. The fourth-order valence-corrected chi connectivity index (χ4v) is 4.77. The van der Waals surface area contributed by atoms with Crippen molar-refractivity contribution in [2.45, 2.75) is 64.7 Å². The minimum absolute atomic E-state index is 0.0335. The number of nitrogens with zero attached hydrogens (tertiary/aromatic N) is 2. The van der Waals surface area contributed by atoms with E-state index in [0.29, 0.717) is 22.7 Å². The first-order valence-corrected chi connectivity index (χ1v) is 11.4. The predicted octanol–water partition coefficient (Wildman–Crippen LogP) is 4.20. The summed E-state index contributed by atoms with van der Waals surface area (Å²) in [5.74, 6) is -0.0335. The van der Waals surface area contributed by atoms with E-state index in [0.717, 1.165) is 17.4 Å². The van der Waals surface area contributed by atoms with Crippen molar-refractivity contribution < 1.29 is 14.1 Å². The number of hydrogen-bond donors (Lipinski definition) is 0. The summed E-state index contributed by atoms with van der Waals surface area (Å²) < 4.78 is 12.6. The van der Waals surface area contributed by atoms with Gasteiger partial charge in [0, 0.05) is 11.6 Å². The molecule has 32 heavy (non-hydrogen) atoms. The molecule has 0 N–H and O–H groups in total. The van der Waals surface area contributed by atoms with Crippen molar-refractivity contribution in [1.29, 1.82) is 5.26 Å². The molecule has 2 aliphatic heterocycles. The number of carbonyl (C=O) groups is 1. The average molecular weight is 451 g/mol. The second-order valence-electron chi connectivity index (χ2n) is 9.57. The topological polar surface area (TPSA) is 62.6 Å². The molecular weight excluding hydrogens is 423 g/mol. The number of fused-ring (bicyclic) bond motifs is 1. The highest BCUT2D eigenvalue weighted by Gasteiger charge is 2.52. The monoisotopic (exact) mass is 450 g/mol. The molecule has 0 aromatic heterocycles. The summed E-state index contributed by atoms with van der Waals surface area (Å²) in [6.07, 6.45) is 0.832. The quantitative estimate of drug-likeness (QED) is 0.658. The van der Waals surface area contributed by atoms with Gasteiger partial charge in [-0.2, -0.15) is 5.26 Å². The third-order valence-electron chi connectivity index (χ3n) is 7.16. The SMILES string of the molecule is C[C@H]1c2cccc(B3OC(C)(C)C(C)(C)O3)c2CCN1C(=O)Cc1c(Cl)cccc1C#N. The van der Waals surface area contributed by atoms with E-state index in [1.165, 1.54) is 5.56 Å². The number of nitriles is 1. The van der Waals surface area contributed by atoms with Gasteiger partial charge in [-0.1, -0.05) is 35.9 Å². The van der Waals surface area contributed by atoms with Crippen LogP contribution in [0, 0.1) is 11.3 Å². The molecular formula is C25H28BClN2O3. The molecule has 1 saturated heterocycles. The lowest BCUT2D eigenvalue weighted by Gasteiger charge is -2.36. The summed E-state index contributed by atoms with van der Waals surface area (Å²) in [5.41, 5.74) is 3.56. The summed E-state index contributed by atoms with van der Waals surface area (Å²) in [5, 5.41) is 9.85. The second-order valence-corrected chi connectivity index (χ2v) is 9.98. The van der Waals surface area contributed by atoms with Crippen LogP contribution < -0.4 is 5.46 Å². The van der Waals surface area contributed by atoms with Crippen LogP contribution in [-0.4, -0.2) is 35.7 Å². The van der Waals surface area contributed by atoms with Crippen LogP contribution in [0.3, 0.4) is 0 Å². The van der Waals surface area contributed by atoms with Crippen molar-refractivity contribution in [3.8, 4) is 6.07 Å². The maximum absolute atomic E-state index is 13.2. The summed E-state index contributed by atoms with van der Waals surface area (Å²) in [4.78, 5) is 15.1. The van der Waals surface area contributed by atoms with E-state index in [2.05, 4.69) is 45.9 Å². The molecule has 1 amide bonds. The van der Waals surface area contributed by atoms with Gasteiger partial charge >= 0.3 is 7.12 Å². The lowest BCUT2D eigenvalue weighted by atomic mass is 9.72. The molecule has 2 aromatic rings. The summed E-state index contributed by atoms with van der Waals surface area (Å²) in [6, 6.07) is 13.3. The van der Waals surface area contributed by atoms with Crippen LogP contribution in [0.2, 0.25) is 5.02 Å². The highest BCUT2D eigenvalue weighted by molar-refractivity contribution is 6.62. The summed E-state index contributed by atoms with van der Waals surface area (Å²) >= 11 is 6.30. The first-order valence-electron chi connectivity index (χ1n) is 11.0. The summed E-state index contributed by atoms with van der Waals surface area (Å²) in [6.45, 7) is 10.8. The molecule has 4 rings (SSSR count). The zero-order valence-electron chi connectivity index (χ0n) is 19.2. The molecule has 2 aliphatic rings. The Kier molecular flexibility index (Phi) is 5.87. The minimum Gasteiger partial charge on any atom is -0.399 e. The highest BCUT2D eigenvalue weighted by Crippen LogP contribution is 2.38. The van der Waals surface area contributed by atoms with E-state index in [4.69, 9.17) is 20.9 Å². The maximum Gasteiger partial charge on any atom is 0.495 e. The first kappa shape index (κ1) is 22.9. The molecule has 0 unspecified atom stereocenters. The maximum atomic E-state index is 13.2. The van der Waals surface area contributed by atoms with E-state index in [-0.39, 0.29) is 18.4 Å². The fraction of sp³-hybridized carbons (Fsp3) is 0.440. The molecule has 7 heteroatoms. The lowest BCUT2D eigenvalue weighted by molar-refractivity contribution is -0.133. The van der Waals surface area contributed by atoms with Crippen molar-refractivity contribution in [3.05, 3.63) is 63.7 Å². The van der Waals surface area contributed by atoms with Crippen molar-refractivity contribution in [2.24, 2.45) is 0 Å². The fourth-order valence-electron chi connectivity index (χ4n) is 4.52. The van der Waals surface area contributed by atoms with Crippen LogP contribution in [0.5, 0.6) is 0 Å². The van der Waals surface area contributed by atoms with Crippen molar-refractivity contribution >= 4 is 30.1 Å². The van der Waals surface area contributed by atoms with Gasteiger partial charge in [0.1, 0.15) is 0 Å². The Morgan fingerprint density at radius 3 is 2.50 bits per heavy atom. The number of halogens is 1. The molecule has 0 spiro atoms. The van der Waals surface area contributed by atoms with Crippen LogP contribution in [0.4, 0.5) is 0 Å². The molecule has 166 valence electrons. The second kappa shape index (κ2) is 8.22. The van der Waals surface area contributed by atoms with E-state index >= 15 is 0 Å². The van der Waals surface area contributed by atoms with E-state index in [1.54, 1.807) is 18.2 Å². The van der Waals surface area contributed by atoms with Crippen LogP contribution in [0.15, 0.2) is 36.4 Å². The predicted molar refractivity (Wildman–Crippen MR) is 126 cm³/mol. The van der Waals surface area contributed by atoms with Gasteiger partial charge in [0.15, 0.2) is 0 Å². The molecule has 2 heterocycles. The molecule has 0 radical (unpaired) electrons. The highest BCUT2D eigenvalue weighted by atomic mass is 35.5. The zero-order valence-corrected chi connectivity index (χ0v) is 20.0. The third kappa shape index (κ3) is 3.83. The number of amides is 1. The van der Waals surface area contributed by atoms with Crippen molar-refractivity contribution in [3.63, 3.8) is 0 Å². The van der Waals surface area contributed by atoms with Gasteiger partial charge in [-0.3, -0.25) is 4.79 Å². The molecule has 0 bridgehead atoms. The van der Waals surface area contributed by atoms with Gasteiger partial charge in [-0.25, -0.2) is 0 Å². The lowest BCUT2D eigenvalue weighted by Crippen LogP contribution is -2.44. The van der Waals surface area contributed by atoms with Crippen molar-refractivity contribution in [1.82, 2.24) is 4.90 Å². The van der Waals surface area contributed by atoms with Gasteiger partial charge in [-0.15, -0.1) is 0 Å². The van der Waals surface area contributed by atoms with Gasteiger partial charge in [0.25, 0.3) is 0 Å². The summed E-state index contributed by atoms with van der Waals surface area (Å²) in [7, 11) is -0.425. The van der Waals surface area contributed by atoms with Crippen LogP contribution in [0.1, 0.15) is 62.9 Å². The standard InChI is InChI=1S/C25H28BClN2O3/c1-16-18-9-7-10-21(26-31-24(2,3)25(4,5)32-26)19(18)12-13-29(16)23(30)14-20-17(15-28)8-6-11-22(20)27/h6-11,16H,12-14H2,1-5H3/t16-/m0/s1. The first-order chi connectivity index (χ1) is 15.1. The Hall–Kier alpha value is -2.33. The minimum atomic E-state index is -0.425. The molecule has 0 saturated carbocycles. The van der Waals surface area contributed by atoms with Crippen molar-refractivity contribution in [2.75, 3.05) is 6.54 Å². The number of carbonyl (C=O) groups excluding carboxylic acids is 1. The smallest absolute Gasteiger partial charge is 0.399 e. The zero-order chi connectivity index (χ0) is 23.3. The Bertz CT molecular complexity index is 1090. The van der Waals surface area contributed by atoms with Gasteiger partial charge in [-0.05, 0) is 75.3 Å². The third-order valence-corrected chi connectivity index (χ3v) is 7.52. The van der Waals surface area contributed by atoms with Gasteiger partial charge < -0.3 is 14.2 Å². The normalized spacial score (nSPS) is 21.2. The van der Waals surface area contributed by atoms with Crippen LogP contribution in [0.25, 0.3) is 0 Å². The molecule has 1 fully saturated rings. The molecule has 5 nitrogen and oxygen atoms in total. The number of rotatable bonds is 3. The average Bonchev–Trinajstić information content (AvgIpc) is 2.96. The van der Waals surface area contributed by atoms with E-state index in [9.17, 15) is 10.1 Å². The number of hydrogen-bond acceptors (Lipinski definition) is 4. The Balaban J connectivity index is 1.59. The van der Waals surface area contributed by atoms with E-state index < -0.39 is 18.3 Å². The molecule has 2 aromatic carbocycles. The van der Waals surface area contributed by atoms with E-state index in [1.807, 2.05) is 17.9 Å². The Morgan fingerprint density at radius 2 is 1.84 bits per heavy atom. The van der Waals surface area contributed by atoms with Crippen LogP contribution >= 0.6 is 11.6 Å². The van der Waals surface area contributed by atoms with Gasteiger partial charge in [0.05, 0.1) is 35.3 Å². The molecule has 1 atom stereocenters. The largest absolute Gasteiger partial charge is 0.495 e. The van der Waals surface area contributed by atoms with Gasteiger partial charge in [0.2, 0.25) is 5.91 Å². The molecule has 0 aliphatic carbocycles.